The van der Waals surface area contributed by atoms with E-state index < -0.39 is 0 Å². The molecule has 2 rings (SSSR count). The minimum Gasteiger partial charge on any atom is -0.399 e. The molecule has 0 saturated carbocycles. The molecule has 0 atom stereocenters. The van der Waals surface area contributed by atoms with Crippen molar-refractivity contribution in [2.24, 2.45) is 5.73 Å². The Hall–Kier alpha value is -1.80. The number of nitrogens with two attached hydrogens (primary N) is 2. The van der Waals surface area contributed by atoms with E-state index in [4.69, 9.17) is 11.5 Å². The first-order valence-electron chi connectivity index (χ1n) is 4.87. The lowest BCUT2D eigenvalue weighted by Gasteiger charge is -1.90. The fourth-order valence-electron chi connectivity index (χ4n) is 1.07. The van der Waals surface area contributed by atoms with Gasteiger partial charge in [0.25, 0.3) is 0 Å². The molecule has 0 aliphatic rings. The third kappa shape index (κ3) is 4.84. The molecule has 0 spiro atoms. The first-order chi connectivity index (χ1) is 7.33. The molecule has 2 heteroatoms. The topological polar surface area (TPSA) is 52.0 Å². The molecule has 2 aromatic rings. The standard InChI is InChI=1S/C7H9N.C6H7N/c8-6-7-4-2-1-3-5-7;7-6-4-2-1-3-5-6/h1-5H,6,8H2;1-5H,7H2. The van der Waals surface area contributed by atoms with Crippen molar-refractivity contribution in [2.75, 3.05) is 5.73 Å². The van der Waals surface area contributed by atoms with E-state index in [2.05, 4.69) is 0 Å². The van der Waals surface area contributed by atoms with E-state index in [1.165, 1.54) is 5.56 Å². The van der Waals surface area contributed by atoms with Gasteiger partial charge >= 0.3 is 0 Å². The minimum absolute atomic E-state index is 0.640. The molecule has 0 aliphatic heterocycles. The molecule has 78 valence electrons. The molecular weight excluding hydrogens is 184 g/mol. The smallest absolute Gasteiger partial charge is 0.0313 e. The molecule has 15 heavy (non-hydrogen) atoms. The lowest BCUT2D eigenvalue weighted by Crippen LogP contribution is -1.94. The van der Waals surface area contributed by atoms with E-state index >= 15 is 0 Å². The monoisotopic (exact) mass is 200 g/mol. The molecule has 0 bridgehead atoms. The summed E-state index contributed by atoms with van der Waals surface area (Å²) in [5.41, 5.74) is 12.7. The summed E-state index contributed by atoms with van der Waals surface area (Å²) < 4.78 is 0. The van der Waals surface area contributed by atoms with Gasteiger partial charge in [0.2, 0.25) is 0 Å². The maximum Gasteiger partial charge on any atom is 0.0313 e. The van der Waals surface area contributed by atoms with Crippen LogP contribution in [0.25, 0.3) is 0 Å². The summed E-state index contributed by atoms with van der Waals surface area (Å²) in [6.45, 7) is 0.640. The summed E-state index contributed by atoms with van der Waals surface area (Å²) in [5.74, 6) is 0. The molecule has 0 aliphatic carbocycles. The van der Waals surface area contributed by atoms with Crippen molar-refractivity contribution in [1.29, 1.82) is 0 Å². The molecule has 0 unspecified atom stereocenters. The lowest BCUT2D eigenvalue weighted by molar-refractivity contribution is 1.07. The Morgan fingerprint density at radius 3 is 1.47 bits per heavy atom. The average Bonchev–Trinajstić information content (AvgIpc) is 2.32. The number of benzene rings is 2. The number of nitrogen functional groups attached to an aromatic ring is 1. The zero-order valence-electron chi connectivity index (χ0n) is 8.64. The highest BCUT2D eigenvalue weighted by atomic mass is 14.5. The predicted octanol–water partition coefficient (Wildman–Crippen LogP) is 2.41. The first-order valence-corrected chi connectivity index (χ1v) is 4.87. The van der Waals surface area contributed by atoms with Crippen LogP contribution in [0.15, 0.2) is 60.7 Å². The number of para-hydroxylation sites is 1. The maximum atomic E-state index is 5.36. The van der Waals surface area contributed by atoms with Gasteiger partial charge in [-0.25, -0.2) is 0 Å². The third-order valence-electron chi connectivity index (χ3n) is 1.88. The number of hydrogen-bond donors (Lipinski definition) is 2. The lowest BCUT2D eigenvalue weighted by atomic mass is 10.2. The molecule has 0 amide bonds. The van der Waals surface area contributed by atoms with Gasteiger partial charge in [-0.15, -0.1) is 0 Å². The Morgan fingerprint density at radius 2 is 1.20 bits per heavy atom. The second-order valence-corrected chi connectivity index (χ2v) is 3.10. The van der Waals surface area contributed by atoms with E-state index in [1.54, 1.807) is 0 Å². The highest BCUT2D eigenvalue weighted by molar-refractivity contribution is 5.35. The summed E-state index contributed by atoms with van der Waals surface area (Å²) in [4.78, 5) is 0. The molecule has 0 heterocycles. The van der Waals surface area contributed by atoms with Crippen LogP contribution in [0.3, 0.4) is 0 Å². The second kappa shape index (κ2) is 6.62. The van der Waals surface area contributed by atoms with Gasteiger partial charge in [0.1, 0.15) is 0 Å². The van der Waals surface area contributed by atoms with Crippen molar-refractivity contribution in [3.05, 3.63) is 66.2 Å². The number of anilines is 1. The minimum atomic E-state index is 0.640. The zero-order valence-corrected chi connectivity index (χ0v) is 8.64. The summed E-state index contributed by atoms with van der Waals surface area (Å²) in [5, 5.41) is 0. The van der Waals surface area contributed by atoms with Crippen LogP contribution in [0.2, 0.25) is 0 Å². The molecular formula is C13H16N2. The van der Waals surface area contributed by atoms with Gasteiger partial charge in [-0.05, 0) is 17.7 Å². The van der Waals surface area contributed by atoms with E-state index in [9.17, 15) is 0 Å². The van der Waals surface area contributed by atoms with Gasteiger partial charge in [-0.1, -0.05) is 48.5 Å². The van der Waals surface area contributed by atoms with Gasteiger partial charge in [0.05, 0.1) is 0 Å². The number of rotatable bonds is 1. The van der Waals surface area contributed by atoms with Gasteiger partial charge in [0.15, 0.2) is 0 Å². The van der Waals surface area contributed by atoms with E-state index in [-0.39, 0.29) is 0 Å². The Labute approximate surface area is 90.5 Å². The largest absolute Gasteiger partial charge is 0.399 e. The van der Waals surface area contributed by atoms with Gasteiger partial charge < -0.3 is 11.5 Å². The molecule has 2 nitrogen and oxygen atoms in total. The van der Waals surface area contributed by atoms with Crippen LogP contribution in [-0.4, -0.2) is 0 Å². The quantitative estimate of drug-likeness (QED) is 0.694. The van der Waals surface area contributed by atoms with E-state index in [0.717, 1.165) is 5.69 Å². The molecule has 4 N–H and O–H groups in total. The Morgan fingerprint density at radius 1 is 0.733 bits per heavy atom. The van der Waals surface area contributed by atoms with Crippen LogP contribution in [0.5, 0.6) is 0 Å². The van der Waals surface area contributed by atoms with Crippen LogP contribution in [-0.2, 0) is 6.54 Å². The Kier molecular flexibility index (Phi) is 4.98. The van der Waals surface area contributed by atoms with Crippen molar-refractivity contribution >= 4 is 5.69 Å². The van der Waals surface area contributed by atoms with Crippen molar-refractivity contribution in [2.45, 2.75) is 6.54 Å². The van der Waals surface area contributed by atoms with Crippen molar-refractivity contribution in [3.8, 4) is 0 Å². The van der Waals surface area contributed by atoms with Gasteiger partial charge in [-0.3, -0.25) is 0 Å². The highest BCUT2D eigenvalue weighted by Gasteiger charge is 1.80. The van der Waals surface area contributed by atoms with Crippen molar-refractivity contribution < 1.29 is 0 Å². The second-order valence-electron chi connectivity index (χ2n) is 3.10. The normalized spacial score (nSPS) is 8.87. The number of hydrogen-bond acceptors (Lipinski definition) is 2. The fraction of sp³-hybridized carbons (Fsp3) is 0.0769. The molecule has 0 aromatic heterocycles. The van der Waals surface area contributed by atoms with Crippen LogP contribution >= 0.6 is 0 Å². The molecule has 0 saturated heterocycles. The maximum absolute atomic E-state index is 5.36. The predicted molar refractivity (Wildman–Crippen MR) is 65.2 cm³/mol. The van der Waals surface area contributed by atoms with Crippen LogP contribution < -0.4 is 11.5 Å². The van der Waals surface area contributed by atoms with Crippen LogP contribution in [0.4, 0.5) is 5.69 Å². The zero-order chi connectivity index (χ0) is 10.9. The summed E-state index contributed by atoms with van der Waals surface area (Å²) in [7, 11) is 0. The Balaban J connectivity index is 0.000000151. The summed E-state index contributed by atoms with van der Waals surface area (Å²) >= 11 is 0. The summed E-state index contributed by atoms with van der Waals surface area (Å²) in [6.07, 6.45) is 0. The van der Waals surface area contributed by atoms with Gasteiger partial charge in [-0.2, -0.15) is 0 Å². The average molecular weight is 200 g/mol. The van der Waals surface area contributed by atoms with Gasteiger partial charge in [0, 0.05) is 12.2 Å². The third-order valence-corrected chi connectivity index (χ3v) is 1.88. The molecule has 0 radical (unpaired) electrons. The van der Waals surface area contributed by atoms with Crippen LogP contribution in [0, 0.1) is 0 Å². The molecule has 0 fully saturated rings. The van der Waals surface area contributed by atoms with E-state index in [1.807, 2.05) is 60.7 Å². The van der Waals surface area contributed by atoms with E-state index in [0.29, 0.717) is 6.54 Å². The SMILES string of the molecule is NCc1ccccc1.Nc1ccccc1. The first kappa shape index (κ1) is 11.3. The molecule has 2 aromatic carbocycles. The highest BCUT2D eigenvalue weighted by Crippen LogP contribution is 1.96. The summed E-state index contributed by atoms with van der Waals surface area (Å²) in [6, 6.07) is 19.5. The van der Waals surface area contributed by atoms with Crippen molar-refractivity contribution in [1.82, 2.24) is 0 Å². The Bertz CT molecular complexity index is 357. The van der Waals surface area contributed by atoms with Crippen molar-refractivity contribution in [3.63, 3.8) is 0 Å². The fourth-order valence-corrected chi connectivity index (χ4v) is 1.07. The van der Waals surface area contributed by atoms with Crippen LogP contribution in [0.1, 0.15) is 5.56 Å².